The van der Waals surface area contributed by atoms with Gasteiger partial charge in [0.05, 0.1) is 6.10 Å². The molecule has 1 atom stereocenters. The first-order valence-corrected chi connectivity index (χ1v) is 6.93. The molecule has 2 amide bonds. The van der Waals surface area contributed by atoms with Gasteiger partial charge in [-0.3, -0.25) is 9.59 Å². The fraction of sp³-hybridized carbons (Fsp3) is 0.467. The highest BCUT2D eigenvalue weighted by Gasteiger charge is 2.15. The van der Waals surface area contributed by atoms with Crippen LogP contribution in [0.4, 0.5) is 5.69 Å². The van der Waals surface area contributed by atoms with Crippen molar-refractivity contribution in [1.29, 1.82) is 0 Å². The molecule has 0 radical (unpaired) electrons. The van der Waals surface area contributed by atoms with Crippen molar-refractivity contribution in [3.05, 3.63) is 29.8 Å². The van der Waals surface area contributed by atoms with Crippen molar-refractivity contribution in [2.75, 3.05) is 32.5 Å². The maximum absolute atomic E-state index is 11.7. The van der Waals surface area contributed by atoms with Gasteiger partial charge in [0, 0.05) is 18.8 Å². The molecule has 0 spiro atoms. The van der Waals surface area contributed by atoms with Gasteiger partial charge < -0.3 is 20.6 Å². The molecule has 1 unspecified atom stereocenters. The number of carbonyl (C=O) groups is 2. The Morgan fingerprint density at radius 1 is 1.19 bits per heavy atom. The van der Waals surface area contributed by atoms with Crippen LogP contribution >= 0.6 is 0 Å². The van der Waals surface area contributed by atoms with Gasteiger partial charge in [0.15, 0.2) is 0 Å². The number of hydrogen-bond acceptors (Lipinski definition) is 4. The van der Waals surface area contributed by atoms with E-state index in [0.717, 1.165) is 12.0 Å². The molecule has 0 saturated carbocycles. The van der Waals surface area contributed by atoms with E-state index in [1.807, 2.05) is 33.2 Å². The Kier molecular flexibility index (Phi) is 6.84. The van der Waals surface area contributed by atoms with Gasteiger partial charge in [0.25, 0.3) is 0 Å². The van der Waals surface area contributed by atoms with Gasteiger partial charge >= 0.3 is 11.8 Å². The lowest BCUT2D eigenvalue weighted by Gasteiger charge is -2.16. The van der Waals surface area contributed by atoms with Gasteiger partial charge in [-0.1, -0.05) is 19.1 Å². The van der Waals surface area contributed by atoms with Crippen LogP contribution in [0, 0.1) is 0 Å². The Hall–Kier alpha value is -1.92. The topological polar surface area (TPSA) is 81.7 Å². The molecule has 6 nitrogen and oxygen atoms in total. The van der Waals surface area contributed by atoms with Crippen LogP contribution in [-0.4, -0.2) is 55.1 Å². The van der Waals surface area contributed by atoms with E-state index in [0.29, 0.717) is 12.2 Å². The minimum Gasteiger partial charge on any atom is -0.390 e. The average Bonchev–Trinajstić information content (AvgIpc) is 2.44. The number of hydrogen-bond donors (Lipinski definition) is 3. The molecule has 0 heterocycles. The zero-order valence-electron chi connectivity index (χ0n) is 12.7. The number of likely N-dealkylation sites (N-methyl/N-ethyl adjacent to an activating group) is 1. The van der Waals surface area contributed by atoms with Crippen LogP contribution in [0.5, 0.6) is 0 Å². The molecule has 1 aromatic carbocycles. The molecular formula is C15H23N3O3. The van der Waals surface area contributed by atoms with E-state index in [1.54, 1.807) is 17.0 Å². The minimum absolute atomic E-state index is 0.0409. The van der Waals surface area contributed by atoms with Gasteiger partial charge in [-0.25, -0.2) is 0 Å². The highest BCUT2D eigenvalue weighted by molar-refractivity contribution is 6.39. The van der Waals surface area contributed by atoms with E-state index < -0.39 is 17.9 Å². The monoisotopic (exact) mass is 293 g/mol. The number of rotatable bonds is 6. The summed E-state index contributed by atoms with van der Waals surface area (Å²) in [6.45, 7) is 2.50. The van der Waals surface area contributed by atoms with E-state index in [1.165, 1.54) is 0 Å². The Morgan fingerprint density at radius 2 is 1.81 bits per heavy atom. The van der Waals surface area contributed by atoms with Crippen LogP contribution in [0.15, 0.2) is 24.3 Å². The van der Waals surface area contributed by atoms with Crippen LogP contribution in [0.25, 0.3) is 0 Å². The van der Waals surface area contributed by atoms with Crippen LogP contribution in [-0.2, 0) is 16.0 Å². The molecule has 21 heavy (non-hydrogen) atoms. The molecule has 3 N–H and O–H groups in total. The van der Waals surface area contributed by atoms with E-state index in [9.17, 15) is 14.7 Å². The number of aliphatic hydroxyl groups excluding tert-OH is 1. The molecule has 0 saturated heterocycles. The van der Waals surface area contributed by atoms with Crippen molar-refractivity contribution in [3.63, 3.8) is 0 Å². The zero-order valence-corrected chi connectivity index (χ0v) is 12.7. The van der Waals surface area contributed by atoms with Crippen LogP contribution in [0.3, 0.4) is 0 Å². The maximum Gasteiger partial charge on any atom is 0.313 e. The van der Waals surface area contributed by atoms with Crippen molar-refractivity contribution in [1.82, 2.24) is 10.2 Å². The summed E-state index contributed by atoms with van der Waals surface area (Å²) in [6, 6.07) is 7.30. The summed E-state index contributed by atoms with van der Waals surface area (Å²) in [5.41, 5.74) is 1.73. The quantitative estimate of drug-likeness (QED) is 0.656. The molecule has 0 aliphatic carbocycles. The Labute approximate surface area is 125 Å². The van der Waals surface area contributed by atoms with Gasteiger partial charge in [-0.2, -0.15) is 0 Å². The number of aliphatic hydroxyl groups is 1. The second-order valence-electron chi connectivity index (χ2n) is 5.13. The third-order valence-electron chi connectivity index (χ3n) is 2.90. The van der Waals surface area contributed by atoms with Crippen molar-refractivity contribution in [3.8, 4) is 0 Å². The summed E-state index contributed by atoms with van der Waals surface area (Å²) in [5, 5.41) is 14.5. The average molecular weight is 293 g/mol. The fourth-order valence-corrected chi connectivity index (χ4v) is 1.79. The lowest BCUT2D eigenvalue weighted by atomic mass is 10.1. The lowest BCUT2D eigenvalue weighted by Crippen LogP contribution is -2.42. The maximum atomic E-state index is 11.7. The predicted octanol–water partition coefficient (Wildman–Crippen LogP) is 0.226. The summed E-state index contributed by atoms with van der Waals surface area (Å²) in [6.07, 6.45) is 0.207. The zero-order chi connectivity index (χ0) is 15.8. The molecule has 0 fully saturated rings. The van der Waals surface area contributed by atoms with Crippen LogP contribution in [0.1, 0.15) is 12.5 Å². The predicted molar refractivity (Wildman–Crippen MR) is 82.0 cm³/mol. The van der Waals surface area contributed by atoms with Crippen LogP contribution < -0.4 is 10.6 Å². The first-order chi connectivity index (χ1) is 9.92. The number of carbonyl (C=O) groups excluding carboxylic acids is 2. The number of nitrogens with zero attached hydrogens (tertiary/aromatic N) is 1. The second-order valence-corrected chi connectivity index (χ2v) is 5.13. The SMILES string of the molecule is CCc1ccc(NC(=O)C(=O)NCC(O)CN(C)C)cc1. The normalized spacial score (nSPS) is 12.0. The molecule has 6 heteroatoms. The van der Waals surface area contributed by atoms with Crippen LogP contribution in [0.2, 0.25) is 0 Å². The molecule has 1 aromatic rings. The summed E-state index contributed by atoms with van der Waals surface area (Å²) >= 11 is 0. The van der Waals surface area contributed by atoms with E-state index >= 15 is 0 Å². The van der Waals surface area contributed by atoms with Gasteiger partial charge in [-0.15, -0.1) is 0 Å². The van der Waals surface area contributed by atoms with Gasteiger partial charge in [0.1, 0.15) is 0 Å². The van der Waals surface area contributed by atoms with E-state index in [2.05, 4.69) is 10.6 Å². The van der Waals surface area contributed by atoms with E-state index in [4.69, 9.17) is 0 Å². The first kappa shape index (κ1) is 17.1. The standard InChI is InChI=1S/C15H23N3O3/c1-4-11-5-7-12(8-6-11)17-15(21)14(20)16-9-13(19)10-18(2)3/h5-8,13,19H,4,9-10H2,1-3H3,(H,16,20)(H,17,21). The third-order valence-corrected chi connectivity index (χ3v) is 2.90. The Balaban J connectivity index is 2.41. The molecular weight excluding hydrogens is 270 g/mol. The third kappa shape index (κ3) is 6.37. The molecule has 0 aliphatic rings. The largest absolute Gasteiger partial charge is 0.390 e. The van der Waals surface area contributed by atoms with E-state index in [-0.39, 0.29) is 6.54 Å². The smallest absolute Gasteiger partial charge is 0.313 e. The molecule has 0 bridgehead atoms. The second kappa shape index (κ2) is 8.39. The first-order valence-electron chi connectivity index (χ1n) is 6.93. The molecule has 0 aliphatic heterocycles. The van der Waals surface area contributed by atoms with Crippen molar-refractivity contribution < 1.29 is 14.7 Å². The Morgan fingerprint density at radius 3 is 2.33 bits per heavy atom. The van der Waals surface area contributed by atoms with Crippen molar-refractivity contribution in [2.45, 2.75) is 19.4 Å². The Bertz CT molecular complexity index is 472. The highest BCUT2D eigenvalue weighted by Crippen LogP contribution is 2.09. The number of benzene rings is 1. The van der Waals surface area contributed by atoms with Gasteiger partial charge in [-0.05, 0) is 38.2 Å². The number of nitrogens with one attached hydrogen (secondary N) is 2. The summed E-state index contributed by atoms with van der Waals surface area (Å²) in [4.78, 5) is 25.1. The van der Waals surface area contributed by atoms with Crippen molar-refractivity contribution >= 4 is 17.5 Å². The highest BCUT2D eigenvalue weighted by atomic mass is 16.3. The lowest BCUT2D eigenvalue weighted by molar-refractivity contribution is -0.136. The minimum atomic E-state index is -0.757. The van der Waals surface area contributed by atoms with Gasteiger partial charge in [0.2, 0.25) is 0 Å². The van der Waals surface area contributed by atoms with Crippen molar-refractivity contribution in [2.24, 2.45) is 0 Å². The summed E-state index contributed by atoms with van der Waals surface area (Å²) < 4.78 is 0. The fourth-order valence-electron chi connectivity index (χ4n) is 1.79. The number of anilines is 1. The molecule has 0 aromatic heterocycles. The molecule has 1 rings (SSSR count). The number of amides is 2. The number of aryl methyl sites for hydroxylation is 1. The molecule has 116 valence electrons. The summed E-state index contributed by atoms with van der Waals surface area (Å²) in [7, 11) is 3.63. The summed E-state index contributed by atoms with van der Waals surface area (Å²) in [5.74, 6) is -1.50.